The zero-order valence-electron chi connectivity index (χ0n) is 11.9. The smallest absolute Gasteiger partial charge is 0.316 e. The molecule has 0 unspecified atom stereocenters. The van der Waals surface area contributed by atoms with Crippen molar-refractivity contribution in [3.8, 4) is 6.07 Å². The minimum Gasteiger partial charge on any atom is -0.468 e. The van der Waals surface area contributed by atoms with Crippen LogP contribution in [0.15, 0.2) is 36.0 Å². The average molecular weight is 284 g/mol. The molecular formula is C16H16N2O3. The van der Waals surface area contributed by atoms with Gasteiger partial charge in [-0.3, -0.25) is 9.59 Å². The summed E-state index contributed by atoms with van der Waals surface area (Å²) in [4.78, 5) is 23.7. The van der Waals surface area contributed by atoms with E-state index in [1.54, 1.807) is 18.2 Å². The monoisotopic (exact) mass is 284 g/mol. The molecule has 1 aliphatic carbocycles. The SMILES string of the molecule is COC(=O)[C@@H]1C(=O)C=C(Nc2cccc(C#N)c2)C[C@H]1C. The number of hydrogen-bond acceptors (Lipinski definition) is 5. The van der Waals surface area contributed by atoms with Gasteiger partial charge in [-0.15, -0.1) is 0 Å². The molecule has 0 saturated heterocycles. The van der Waals surface area contributed by atoms with Crippen LogP contribution in [0.4, 0.5) is 5.69 Å². The van der Waals surface area contributed by atoms with Crippen molar-refractivity contribution in [2.24, 2.45) is 11.8 Å². The summed E-state index contributed by atoms with van der Waals surface area (Å²) in [6.07, 6.45) is 2.02. The van der Waals surface area contributed by atoms with Gasteiger partial charge in [0.2, 0.25) is 0 Å². The Kier molecular flexibility index (Phi) is 4.39. The van der Waals surface area contributed by atoms with Crippen LogP contribution in [0, 0.1) is 23.2 Å². The van der Waals surface area contributed by atoms with E-state index in [0.717, 1.165) is 11.4 Å². The third-order valence-corrected chi connectivity index (χ3v) is 3.49. The molecule has 1 N–H and O–H groups in total. The average Bonchev–Trinajstić information content (AvgIpc) is 2.46. The molecule has 0 radical (unpaired) electrons. The van der Waals surface area contributed by atoms with E-state index in [4.69, 9.17) is 5.26 Å². The minimum atomic E-state index is -0.731. The predicted molar refractivity (Wildman–Crippen MR) is 77.2 cm³/mol. The fourth-order valence-corrected chi connectivity index (χ4v) is 2.48. The van der Waals surface area contributed by atoms with E-state index >= 15 is 0 Å². The van der Waals surface area contributed by atoms with Gasteiger partial charge in [-0.25, -0.2) is 0 Å². The number of anilines is 1. The maximum Gasteiger partial charge on any atom is 0.316 e. The fourth-order valence-electron chi connectivity index (χ4n) is 2.48. The first-order valence-electron chi connectivity index (χ1n) is 6.64. The van der Waals surface area contributed by atoms with Gasteiger partial charge in [0.1, 0.15) is 5.92 Å². The molecule has 5 heteroatoms. The van der Waals surface area contributed by atoms with Crippen LogP contribution >= 0.6 is 0 Å². The standard InChI is InChI=1S/C16H16N2O3/c1-10-6-13(8-14(19)15(10)16(20)21-2)18-12-5-3-4-11(7-12)9-17/h3-5,7-8,10,15,18H,6H2,1-2H3/t10-,15+/m1/s1. The first-order chi connectivity index (χ1) is 10.0. The lowest BCUT2D eigenvalue weighted by molar-refractivity contribution is -0.150. The molecule has 108 valence electrons. The Morgan fingerprint density at radius 1 is 1.48 bits per heavy atom. The lowest BCUT2D eigenvalue weighted by atomic mass is 9.82. The Hall–Kier alpha value is -2.61. The van der Waals surface area contributed by atoms with Gasteiger partial charge < -0.3 is 10.1 Å². The van der Waals surface area contributed by atoms with Crippen molar-refractivity contribution in [2.75, 3.05) is 12.4 Å². The summed E-state index contributed by atoms with van der Waals surface area (Å²) in [5, 5.41) is 12.0. The number of ether oxygens (including phenoxy) is 1. The van der Waals surface area contributed by atoms with Gasteiger partial charge in [-0.05, 0) is 30.5 Å². The van der Waals surface area contributed by atoms with E-state index in [-0.39, 0.29) is 11.7 Å². The number of nitrogens with zero attached hydrogens (tertiary/aromatic N) is 1. The molecule has 0 spiro atoms. The van der Waals surface area contributed by atoms with Gasteiger partial charge in [0, 0.05) is 17.5 Å². The number of rotatable bonds is 3. The molecule has 0 amide bonds. The summed E-state index contributed by atoms with van der Waals surface area (Å²) in [5.41, 5.74) is 2.03. The number of carbonyl (C=O) groups excluding carboxylic acids is 2. The Morgan fingerprint density at radius 2 is 2.24 bits per heavy atom. The van der Waals surface area contributed by atoms with Crippen molar-refractivity contribution in [2.45, 2.75) is 13.3 Å². The van der Waals surface area contributed by atoms with Crippen molar-refractivity contribution < 1.29 is 14.3 Å². The van der Waals surface area contributed by atoms with Crippen LogP contribution < -0.4 is 5.32 Å². The highest BCUT2D eigenvalue weighted by Crippen LogP contribution is 2.29. The van der Waals surface area contributed by atoms with E-state index in [2.05, 4.69) is 16.1 Å². The highest BCUT2D eigenvalue weighted by molar-refractivity contribution is 6.06. The number of nitrogens with one attached hydrogen (secondary N) is 1. The summed E-state index contributed by atoms with van der Waals surface area (Å²) in [6.45, 7) is 1.85. The van der Waals surface area contributed by atoms with Crippen LogP contribution in [-0.2, 0) is 14.3 Å². The summed E-state index contributed by atoms with van der Waals surface area (Å²) < 4.78 is 4.67. The first kappa shape index (κ1) is 14.8. The third-order valence-electron chi connectivity index (χ3n) is 3.49. The maximum absolute atomic E-state index is 12.1. The van der Waals surface area contributed by atoms with Gasteiger partial charge in [-0.1, -0.05) is 13.0 Å². The van der Waals surface area contributed by atoms with E-state index in [9.17, 15) is 9.59 Å². The number of ketones is 1. The number of carbonyl (C=O) groups is 2. The van der Waals surface area contributed by atoms with Gasteiger partial charge in [0.15, 0.2) is 5.78 Å². The van der Waals surface area contributed by atoms with E-state index in [1.165, 1.54) is 13.2 Å². The second-order valence-electron chi connectivity index (χ2n) is 5.07. The maximum atomic E-state index is 12.1. The number of nitriles is 1. The van der Waals surface area contributed by atoms with Gasteiger partial charge in [-0.2, -0.15) is 5.26 Å². The zero-order chi connectivity index (χ0) is 15.4. The molecule has 0 saturated carbocycles. The van der Waals surface area contributed by atoms with Crippen molar-refractivity contribution in [3.05, 3.63) is 41.6 Å². The highest BCUT2D eigenvalue weighted by atomic mass is 16.5. The molecular weight excluding hydrogens is 268 g/mol. The lowest BCUT2D eigenvalue weighted by Gasteiger charge is -2.26. The second kappa shape index (κ2) is 6.23. The molecule has 21 heavy (non-hydrogen) atoms. The molecule has 0 aliphatic heterocycles. The number of methoxy groups -OCH3 is 1. The van der Waals surface area contributed by atoms with Crippen LogP contribution in [0.25, 0.3) is 0 Å². The highest BCUT2D eigenvalue weighted by Gasteiger charge is 2.35. The Labute approximate surface area is 123 Å². The molecule has 2 rings (SSSR count). The molecule has 1 aromatic carbocycles. The molecule has 0 heterocycles. The van der Waals surface area contributed by atoms with Crippen LogP contribution in [0.1, 0.15) is 18.9 Å². The summed E-state index contributed by atoms with van der Waals surface area (Å²) in [6, 6.07) is 9.08. The summed E-state index contributed by atoms with van der Waals surface area (Å²) in [5.74, 6) is -1.60. The molecule has 0 aromatic heterocycles. The summed E-state index contributed by atoms with van der Waals surface area (Å²) >= 11 is 0. The van der Waals surface area contributed by atoms with Crippen LogP contribution in [0.2, 0.25) is 0 Å². The third kappa shape index (κ3) is 3.29. The largest absolute Gasteiger partial charge is 0.468 e. The van der Waals surface area contributed by atoms with Crippen LogP contribution in [0.3, 0.4) is 0 Å². The van der Waals surface area contributed by atoms with Crippen LogP contribution in [-0.4, -0.2) is 18.9 Å². The molecule has 1 aliphatic rings. The second-order valence-corrected chi connectivity index (χ2v) is 5.07. The Morgan fingerprint density at radius 3 is 2.86 bits per heavy atom. The lowest BCUT2D eigenvalue weighted by Crippen LogP contribution is -2.34. The topological polar surface area (TPSA) is 79.2 Å². The number of hydrogen-bond donors (Lipinski definition) is 1. The fraction of sp³-hybridized carbons (Fsp3) is 0.312. The van der Waals surface area contributed by atoms with Gasteiger partial charge in [0.05, 0.1) is 18.7 Å². The van der Waals surface area contributed by atoms with E-state index < -0.39 is 11.9 Å². The molecule has 1 aromatic rings. The normalized spacial score (nSPS) is 21.2. The zero-order valence-corrected chi connectivity index (χ0v) is 11.9. The van der Waals surface area contributed by atoms with E-state index in [1.807, 2.05) is 13.0 Å². The molecule has 2 atom stereocenters. The quantitative estimate of drug-likeness (QED) is 0.680. The minimum absolute atomic E-state index is 0.128. The first-order valence-corrected chi connectivity index (χ1v) is 6.64. The molecule has 0 bridgehead atoms. The predicted octanol–water partition coefficient (Wildman–Crippen LogP) is 2.25. The molecule has 0 fully saturated rings. The Balaban J connectivity index is 2.17. The summed E-state index contributed by atoms with van der Waals surface area (Å²) in [7, 11) is 1.28. The van der Waals surface area contributed by atoms with E-state index in [0.29, 0.717) is 12.0 Å². The van der Waals surface area contributed by atoms with Crippen molar-refractivity contribution >= 4 is 17.4 Å². The van der Waals surface area contributed by atoms with Gasteiger partial charge in [0.25, 0.3) is 0 Å². The number of esters is 1. The Bertz CT molecular complexity index is 643. The van der Waals surface area contributed by atoms with Crippen molar-refractivity contribution in [1.29, 1.82) is 5.26 Å². The van der Waals surface area contributed by atoms with Gasteiger partial charge >= 0.3 is 5.97 Å². The number of benzene rings is 1. The van der Waals surface area contributed by atoms with Crippen LogP contribution in [0.5, 0.6) is 0 Å². The number of allylic oxidation sites excluding steroid dienone is 2. The van der Waals surface area contributed by atoms with Crippen molar-refractivity contribution in [1.82, 2.24) is 0 Å². The van der Waals surface area contributed by atoms with Crippen molar-refractivity contribution in [3.63, 3.8) is 0 Å². The molecule has 5 nitrogen and oxygen atoms in total.